The predicted octanol–water partition coefficient (Wildman–Crippen LogP) is 1.23. The van der Waals surface area contributed by atoms with Gasteiger partial charge in [0.15, 0.2) is 6.10 Å². The molecule has 18 heavy (non-hydrogen) atoms. The van der Waals surface area contributed by atoms with E-state index in [1.165, 1.54) is 0 Å². The maximum Gasteiger partial charge on any atom is 0.260 e. The molecule has 1 N–H and O–H groups in total. The SMILES string of the molecule is COCCNC(=O)[C@H](C)Oc1ccc(OC)cc1. The zero-order valence-electron chi connectivity index (χ0n) is 10.9. The van der Waals surface area contributed by atoms with Crippen molar-refractivity contribution in [2.75, 3.05) is 27.4 Å². The molecule has 0 spiro atoms. The Labute approximate surface area is 107 Å². The molecule has 0 unspecified atom stereocenters. The second kappa shape index (κ2) is 7.55. The number of nitrogens with one attached hydrogen (secondary N) is 1. The van der Waals surface area contributed by atoms with Crippen LogP contribution < -0.4 is 14.8 Å². The van der Waals surface area contributed by atoms with Crippen LogP contribution in [0.1, 0.15) is 6.92 Å². The molecule has 0 bridgehead atoms. The van der Waals surface area contributed by atoms with Crippen LogP contribution in [0.25, 0.3) is 0 Å². The number of methoxy groups -OCH3 is 2. The molecule has 100 valence electrons. The smallest absolute Gasteiger partial charge is 0.260 e. The highest BCUT2D eigenvalue weighted by atomic mass is 16.5. The van der Waals surface area contributed by atoms with Crippen molar-refractivity contribution in [1.82, 2.24) is 5.32 Å². The largest absolute Gasteiger partial charge is 0.497 e. The molecule has 0 aromatic heterocycles. The van der Waals surface area contributed by atoms with Crippen molar-refractivity contribution in [3.05, 3.63) is 24.3 Å². The molecule has 0 aliphatic carbocycles. The second-order valence-corrected chi connectivity index (χ2v) is 3.72. The van der Waals surface area contributed by atoms with E-state index in [9.17, 15) is 4.79 Å². The molecule has 1 amide bonds. The third kappa shape index (κ3) is 4.63. The topological polar surface area (TPSA) is 56.8 Å². The Morgan fingerprint density at radius 3 is 2.39 bits per heavy atom. The highest BCUT2D eigenvalue weighted by Gasteiger charge is 2.13. The van der Waals surface area contributed by atoms with Gasteiger partial charge in [0.05, 0.1) is 13.7 Å². The lowest BCUT2D eigenvalue weighted by atomic mass is 10.3. The molecule has 1 aromatic carbocycles. The zero-order chi connectivity index (χ0) is 13.4. The number of amides is 1. The first-order chi connectivity index (χ1) is 8.67. The monoisotopic (exact) mass is 253 g/mol. The zero-order valence-corrected chi connectivity index (χ0v) is 10.9. The molecule has 0 fully saturated rings. The van der Waals surface area contributed by atoms with Crippen LogP contribution in [0.2, 0.25) is 0 Å². The van der Waals surface area contributed by atoms with Gasteiger partial charge in [0.1, 0.15) is 11.5 Å². The van der Waals surface area contributed by atoms with Crippen LogP contribution in [0.5, 0.6) is 11.5 Å². The van der Waals surface area contributed by atoms with E-state index in [2.05, 4.69) is 5.32 Å². The van der Waals surface area contributed by atoms with E-state index >= 15 is 0 Å². The van der Waals surface area contributed by atoms with Crippen LogP contribution in [0.15, 0.2) is 24.3 Å². The van der Waals surface area contributed by atoms with Crippen molar-refractivity contribution in [2.45, 2.75) is 13.0 Å². The minimum absolute atomic E-state index is 0.164. The first-order valence-corrected chi connectivity index (χ1v) is 5.74. The van der Waals surface area contributed by atoms with E-state index in [-0.39, 0.29) is 5.91 Å². The fourth-order valence-electron chi connectivity index (χ4n) is 1.33. The average Bonchev–Trinajstić information content (AvgIpc) is 2.39. The summed E-state index contributed by atoms with van der Waals surface area (Å²) in [6, 6.07) is 7.09. The third-order valence-electron chi connectivity index (χ3n) is 2.35. The Hall–Kier alpha value is -1.75. The van der Waals surface area contributed by atoms with Gasteiger partial charge >= 0.3 is 0 Å². The number of rotatable bonds is 7. The van der Waals surface area contributed by atoms with Crippen LogP contribution in [-0.4, -0.2) is 39.4 Å². The van der Waals surface area contributed by atoms with Crippen molar-refractivity contribution in [1.29, 1.82) is 0 Å². The van der Waals surface area contributed by atoms with E-state index in [1.807, 2.05) is 0 Å². The molecule has 1 rings (SSSR count). The quantitative estimate of drug-likeness (QED) is 0.742. The summed E-state index contributed by atoms with van der Waals surface area (Å²) in [4.78, 5) is 11.6. The molecule has 0 saturated heterocycles. The lowest BCUT2D eigenvalue weighted by Crippen LogP contribution is -2.37. The van der Waals surface area contributed by atoms with Gasteiger partial charge in [-0.25, -0.2) is 0 Å². The Balaban J connectivity index is 2.42. The summed E-state index contributed by atoms with van der Waals surface area (Å²) in [5.41, 5.74) is 0. The summed E-state index contributed by atoms with van der Waals surface area (Å²) in [6.45, 7) is 2.67. The lowest BCUT2D eigenvalue weighted by Gasteiger charge is -2.14. The van der Waals surface area contributed by atoms with Crippen LogP contribution >= 0.6 is 0 Å². The summed E-state index contributed by atoms with van der Waals surface area (Å²) in [6.07, 6.45) is -0.546. The Morgan fingerprint density at radius 2 is 1.83 bits per heavy atom. The molecule has 5 heteroatoms. The minimum atomic E-state index is -0.546. The van der Waals surface area contributed by atoms with Crippen molar-refractivity contribution in [3.63, 3.8) is 0 Å². The first-order valence-electron chi connectivity index (χ1n) is 5.74. The van der Waals surface area contributed by atoms with E-state index in [4.69, 9.17) is 14.2 Å². The van der Waals surface area contributed by atoms with Crippen molar-refractivity contribution >= 4 is 5.91 Å². The van der Waals surface area contributed by atoms with Gasteiger partial charge in [0, 0.05) is 13.7 Å². The van der Waals surface area contributed by atoms with Gasteiger partial charge in [-0.1, -0.05) is 0 Å². The molecule has 1 aromatic rings. The number of carbonyl (C=O) groups excluding carboxylic acids is 1. The van der Waals surface area contributed by atoms with Gasteiger partial charge < -0.3 is 19.5 Å². The van der Waals surface area contributed by atoms with Crippen molar-refractivity contribution in [3.8, 4) is 11.5 Å². The van der Waals surface area contributed by atoms with Crippen molar-refractivity contribution < 1.29 is 19.0 Å². The normalized spacial score (nSPS) is 11.7. The fourth-order valence-corrected chi connectivity index (χ4v) is 1.33. The summed E-state index contributed by atoms with van der Waals surface area (Å²) in [5.74, 6) is 1.22. The number of hydrogen-bond acceptors (Lipinski definition) is 4. The van der Waals surface area contributed by atoms with Gasteiger partial charge in [-0.05, 0) is 31.2 Å². The van der Waals surface area contributed by atoms with E-state index in [0.717, 1.165) is 5.75 Å². The molecule has 0 radical (unpaired) electrons. The highest BCUT2D eigenvalue weighted by molar-refractivity contribution is 5.80. The lowest BCUT2D eigenvalue weighted by molar-refractivity contribution is -0.127. The number of carbonyl (C=O) groups is 1. The van der Waals surface area contributed by atoms with Crippen LogP contribution in [0.4, 0.5) is 0 Å². The van der Waals surface area contributed by atoms with Crippen LogP contribution in [-0.2, 0) is 9.53 Å². The average molecular weight is 253 g/mol. The molecular formula is C13H19NO4. The Kier molecular flexibility index (Phi) is 6.00. The third-order valence-corrected chi connectivity index (χ3v) is 2.35. The Bertz CT molecular complexity index is 364. The maximum atomic E-state index is 11.6. The molecular weight excluding hydrogens is 234 g/mol. The predicted molar refractivity (Wildman–Crippen MR) is 68.0 cm³/mol. The van der Waals surface area contributed by atoms with E-state index in [0.29, 0.717) is 18.9 Å². The first kappa shape index (κ1) is 14.3. The number of benzene rings is 1. The Morgan fingerprint density at radius 1 is 1.22 bits per heavy atom. The molecule has 0 aliphatic rings. The fraction of sp³-hybridized carbons (Fsp3) is 0.462. The molecule has 0 saturated carbocycles. The van der Waals surface area contributed by atoms with Gasteiger partial charge in [-0.2, -0.15) is 0 Å². The van der Waals surface area contributed by atoms with Gasteiger partial charge in [-0.15, -0.1) is 0 Å². The highest BCUT2D eigenvalue weighted by Crippen LogP contribution is 2.18. The van der Waals surface area contributed by atoms with Crippen LogP contribution in [0.3, 0.4) is 0 Å². The van der Waals surface area contributed by atoms with Gasteiger partial charge in [-0.3, -0.25) is 4.79 Å². The molecule has 0 aliphatic heterocycles. The maximum absolute atomic E-state index is 11.6. The molecule has 5 nitrogen and oxygen atoms in total. The van der Waals surface area contributed by atoms with E-state index < -0.39 is 6.10 Å². The van der Waals surface area contributed by atoms with E-state index in [1.54, 1.807) is 45.4 Å². The van der Waals surface area contributed by atoms with Gasteiger partial charge in [0.25, 0.3) is 5.91 Å². The standard InChI is InChI=1S/C13H19NO4/c1-10(13(15)14-8-9-16-2)18-12-6-4-11(17-3)5-7-12/h4-7,10H,8-9H2,1-3H3,(H,14,15)/t10-/m0/s1. The summed E-state index contributed by atoms with van der Waals surface area (Å²) >= 11 is 0. The number of ether oxygens (including phenoxy) is 3. The summed E-state index contributed by atoms with van der Waals surface area (Å²) in [5, 5.41) is 2.71. The molecule has 1 atom stereocenters. The number of hydrogen-bond donors (Lipinski definition) is 1. The molecule has 0 heterocycles. The van der Waals surface area contributed by atoms with Crippen LogP contribution in [0, 0.1) is 0 Å². The second-order valence-electron chi connectivity index (χ2n) is 3.72. The summed E-state index contributed by atoms with van der Waals surface area (Å²) in [7, 11) is 3.19. The minimum Gasteiger partial charge on any atom is -0.497 e. The van der Waals surface area contributed by atoms with Gasteiger partial charge in [0.2, 0.25) is 0 Å². The van der Waals surface area contributed by atoms with Crippen molar-refractivity contribution in [2.24, 2.45) is 0 Å². The summed E-state index contributed by atoms with van der Waals surface area (Å²) < 4.78 is 15.4.